The van der Waals surface area contributed by atoms with Crippen molar-refractivity contribution in [3.05, 3.63) is 0 Å². The molecule has 90 valence electrons. The van der Waals surface area contributed by atoms with Crippen LogP contribution in [-0.4, -0.2) is 51.3 Å². The topological polar surface area (TPSA) is 36.9 Å². The van der Waals surface area contributed by atoms with E-state index in [1.54, 1.807) is 14.2 Å². The minimum absolute atomic E-state index is 0.0339. The largest absolute Gasteiger partial charge is 0.376 e. The molecule has 0 saturated carbocycles. The van der Waals surface area contributed by atoms with Gasteiger partial charge >= 0.3 is 0 Å². The first-order valence-corrected chi connectivity index (χ1v) is 5.48. The van der Waals surface area contributed by atoms with Crippen molar-refractivity contribution < 1.29 is 18.9 Å². The lowest BCUT2D eigenvalue weighted by molar-refractivity contribution is -0.238. The number of rotatable bonds is 4. The molecule has 0 aromatic heterocycles. The molecule has 5 atom stereocenters. The van der Waals surface area contributed by atoms with Gasteiger partial charge in [0.25, 0.3) is 0 Å². The molecule has 1 aliphatic rings. The van der Waals surface area contributed by atoms with Crippen LogP contribution >= 0.6 is 0 Å². The lowest BCUT2D eigenvalue weighted by atomic mass is 9.96. The monoisotopic (exact) mass is 218 g/mol. The maximum absolute atomic E-state index is 5.76. The van der Waals surface area contributed by atoms with Gasteiger partial charge in [0.05, 0.1) is 12.2 Å². The minimum Gasteiger partial charge on any atom is -0.376 e. The Bertz CT molecular complexity index is 185. The van der Waals surface area contributed by atoms with Crippen LogP contribution in [0.1, 0.15) is 20.8 Å². The lowest BCUT2D eigenvalue weighted by Gasteiger charge is -2.43. The summed E-state index contributed by atoms with van der Waals surface area (Å²) in [6, 6.07) is 0. The van der Waals surface area contributed by atoms with Gasteiger partial charge in [-0.2, -0.15) is 0 Å². The van der Waals surface area contributed by atoms with E-state index in [9.17, 15) is 0 Å². The molecule has 4 nitrogen and oxygen atoms in total. The summed E-state index contributed by atoms with van der Waals surface area (Å²) in [4.78, 5) is 0. The van der Waals surface area contributed by atoms with Gasteiger partial charge in [-0.3, -0.25) is 0 Å². The van der Waals surface area contributed by atoms with Gasteiger partial charge in [0.1, 0.15) is 18.3 Å². The molecule has 1 aliphatic heterocycles. The molecule has 0 aliphatic carbocycles. The van der Waals surface area contributed by atoms with Crippen molar-refractivity contribution in [2.45, 2.75) is 51.3 Å². The SMILES string of the molecule is CCO[C@@H]1[C@@H](OC)[C@@H](OC)[C@H](C)O[C@H]1C. The molecular weight excluding hydrogens is 196 g/mol. The van der Waals surface area contributed by atoms with Crippen LogP contribution in [0, 0.1) is 0 Å². The van der Waals surface area contributed by atoms with Crippen LogP contribution < -0.4 is 0 Å². The molecule has 15 heavy (non-hydrogen) atoms. The normalized spacial score (nSPS) is 41.8. The second kappa shape index (κ2) is 5.80. The van der Waals surface area contributed by atoms with Gasteiger partial charge in [-0.1, -0.05) is 0 Å². The summed E-state index contributed by atoms with van der Waals surface area (Å²) in [6.45, 7) is 6.63. The molecule has 1 fully saturated rings. The zero-order valence-electron chi connectivity index (χ0n) is 10.2. The third-order valence-corrected chi connectivity index (χ3v) is 2.91. The fourth-order valence-corrected chi connectivity index (χ4v) is 2.23. The first-order chi connectivity index (χ1) is 7.15. The van der Waals surface area contributed by atoms with Crippen molar-refractivity contribution in [1.29, 1.82) is 0 Å². The van der Waals surface area contributed by atoms with Gasteiger partial charge in [0.2, 0.25) is 0 Å². The summed E-state index contributed by atoms with van der Waals surface area (Å²) in [5.41, 5.74) is 0. The van der Waals surface area contributed by atoms with Crippen LogP contribution in [0.25, 0.3) is 0 Å². The molecule has 0 radical (unpaired) electrons. The van der Waals surface area contributed by atoms with Crippen LogP contribution in [0.2, 0.25) is 0 Å². The number of hydrogen-bond donors (Lipinski definition) is 0. The van der Waals surface area contributed by atoms with Gasteiger partial charge in [0.15, 0.2) is 0 Å². The molecule has 0 amide bonds. The first kappa shape index (κ1) is 12.9. The van der Waals surface area contributed by atoms with Gasteiger partial charge < -0.3 is 18.9 Å². The predicted molar refractivity (Wildman–Crippen MR) is 57.0 cm³/mol. The van der Waals surface area contributed by atoms with Crippen molar-refractivity contribution >= 4 is 0 Å². The van der Waals surface area contributed by atoms with Crippen molar-refractivity contribution in [3.63, 3.8) is 0 Å². The molecule has 0 spiro atoms. The summed E-state index contributed by atoms with van der Waals surface area (Å²) in [5, 5.41) is 0. The number of ether oxygens (including phenoxy) is 4. The van der Waals surface area contributed by atoms with E-state index >= 15 is 0 Å². The number of hydrogen-bond acceptors (Lipinski definition) is 4. The summed E-state index contributed by atoms with van der Waals surface area (Å²) in [7, 11) is 3.36. The van der Waals surface area contributed by atoms with Gasteiger partial charge in [-0.15, -0.1) is 0 Å². The highest BCUT2D eigenvalue weighted by atomic mass is 16.6. The molecule has 0 unspecified atom stereocenters. The molecule has 1 saturated heterocycles. The summed E-state index contributed by atoms with van der Waals surface area (Å²) < 4.78 is 22.3. The minimum atomic E-state index is -0.0669. The molecule has 0 N–H and O–H groups in total. The summed E-state index contributed by atoms with van der Waals surface area (Å²) in [5.74, 6) is 0. The molecule has 4 heteroatoms. The van der Waals surface area contributed by atoms with Crippen LogP contribution in [0.4, 0.5) is 0 Å². The van der Waals surface area contributed by atoms with Crippen LogP contribution in [0.3, 0.4) is 0 Å². The summed E-state index contributed by atoms with van der Waals surface area (Å²) in [6.07, 6.45) is -0.111. The van der Waals surface area contributed by atoms with E-state index in [2.05, 4.69) is 0 Å². The van der Waals surface area contributed by atoms with Crippen molar-refractivity contribution in [2.24, 2.45) is 0 Å². The quantitative estimate of drug-likeness (QED) is 0.711. The van der Waals surface area contributed by atoms with Gasteiger partial charge in [0, 0.05) is 20.8 Å². The third kappa shape index (κ3) is 2.69. The fraction of sp³-hybridized carbons (Fsp3) is 1.00. The highest BCUT2D eigenvalue weighted by Crippen LogP contribution is 2.26. The maximum atomic E-state index is 5.76. The Kier molecular flexibility index (Phi) is 4.99. The summed E-state index contributed by atoms with van der Waals surface area (Å²) >= 11 is 0. The van der Waals surface area contributed by atoms with E-state index in [1.165, 1.54) is 0 Å². The van der Waals surface area contributed by atoms with E-state index in [1.807, 2.05) is 20.8 Å². The predicted octanol–water partition coefficient (Wildman–Crippen LogP) is 1.23. The Morgan fingerprint density at radius 2 is 1.47 bits per heavy atom. The molecule has 0 aromatic rings. The molecule has 0 aromatic carbocycles. The average Bonchev–Trinajstić information content (AvgIpc) is 2.21. The zero-order chi connectivity index (χ0) is 11.4. The van der Waals surface area contributed by atoms with E-state index in [0.717, 1.165) is 0 Å². The van der Waals surface area contributed by atoms with Crippen LogP contribution in [0.15, 0.2) is 0 Å². The number of methoxy groups -OCH3 is 2. The van der Waals surface area contributed by atoms with Crippen LogP contribution in [-0.2, 0) is 18.9 Å². The molecule has 1 rings (SSSR count). The average molecular weight is 218 g/mol. The Morgan fingerprint density at radius 3 is 1.93 bits per heavy atom. The van der Waals surface area contributed by atoms with E-state index in [4.69, 9.17) is 18.9 Å². The lowest BCUT2D eigenvalue weighted by Crippen LogP contribution is -2.58. The van der Waals surface area contributed by atoms with Crippen molar-refractivity contribution in [1.82, 2.24) is 0 Å². The Hall–Kier alpha value is -0.160. The standard InChI is InChI=1S/C11H22O4/c1-6-14-10-8(3)15-7(2)9(12-4)11(10)13-5/h7-11H,6H2,1-5H3/t7-,8-,9-,10-,11-/m0/s1. The fourth-order valence-electron chi connectivity index (χ4n) is 2.23. The second-order valence-electron chi connectivity index (χ2n) is 3.87. The maximum Gasteiger partial charge on any atom is 0.114 e. The molecular formula is C11H22O4. The van der Waals surface area contributed by atoms with Crippen LogP contribution in [0.5, 0.6) is 0 Å². The first-order valence-electron chi connectivity index (χ1n) is 5.48. The highest BCUT2D eigenvalue weighted by Gasteiger charge is 2.43. The zero-order valence-corrected chi connectivity index (χ0v) is 10.2. The molecule has 1 heterocycles. The second-order valence-corrected chi connectivity index (χ2v) is 3.87. The molecule has 0 bridgehead atoms. The Labute approximate surface area is 91.8 Å². The van der Waals surface area contributed by atoms with E-state index < -0.39 is 0 Å². The highest BCUT2D eigenvalue weighted by molar-refractivity contribution is 4.91. The van der Waals surface area contributed by atoms with Crippen molar-refractivity contribution in [3.8, 4) is 0 Å². The van der Waals surface area contributed by atoms with E-state index in [0.29, 0.717) is 6.61 Å². The smallest absolute Gasteiger partial charge is 0.114 e. The van der Waals surface area contributed by atoms with Crippen molar-refractivity contribution in [2.75, 3.05) is 20.8 Å². The Morgan fingerprint density at radius 1 is 0.933 bits per heavy atom. The Balaban J connectivity index is 2.75. The van der Waals surface area contributed by atoms with Gasteiger partial charge in [-0.05, 0) is 20.8 Å². The van der Waals surface area contributed by atoms with E-state index in [-0.39, 0.29) is 30.5 Å². The van der Waals surface area contributed by atoms with Gasteiger partial charge in [-0.25, -0.2) is 0 Å². The third-order valence-electron chi connectivity index (χ3n) is 2.91.